The number of carbonyl (C=O) groups is 2. The molecular weight excluding hydrogens is 332 g/mol. The summed E-state index contributed by atoms with van der Waals surface area (Å²) >= 11 is 0. The first kappa shape index (κ1) is 17.8. The molecule has 1 aliphatic rings. The van der Waals surface area contributed by atoms with Crippen LogP contribution in [0.5, 0.6) is 0 Å². The van der Waals surface area contributed by atoms with Crippen molar-refractivity contribution >= 4 is 17.4 Å². The Bertz CT molecular complexity index is 834. The third-order valence-corrected chi connectivity index (χ3v) is 4.28. The highest BCUT2D eigenvalue weighted by molar-refractivity contribution is 6.46. The van der Waals surface area contributed by atoms with Gasteiger partial charge in [-0.3, -0.25) is 19.6 Å². The van der Waals surface area contributed by atoms with Gasteiger partial charge < -0.3 is 14.9 Å². The lowest BCUT2D eigenvalue weighted by Gasteiger charge is -2.26. The fourth-order valence-corrected chi connectivity index (χ4v) is 2.97. The minimum atomic E-state index is -0.688. The number of amides is 1. The number of aliphatic hydroxyl groups is 1. The third-order valence-electron chi connectivity index (χ3n) is 4.28. The molecule has 1 fully saturated rings. The van der Waals surface area contributed by atoms with Gasteiger partial charge in [-0.2, -0.15) is 0 Å². The second kappa shape index (κ2) is 7.45. The van der Waals surface area contributed by atoms with E-state index in [1.165, 1.54) is 17.3 Å². The lowest BCUT2D eigenvalue weighted by molar-refractivity contribution is -0.140. The van der Waals surface area contributed by atoms with Gasteiger partial charge in [0.25, 0.3) is 11.7 Å². The van der Waals surface area contributed by atoms with Crippen LogP contribution in [0.3, 0.4) is 0 Å². The predicted molar refractivity (Wildman–Crippen MR) is 96.0 cm³/mol. The van der Waals surface area contributed by atoms with Crippen molar-refractivity contribution in [3.05, 3.63) is 65.8 Å². The molecule has 26 heavy (non-hydrogen) atoms. The molecule has 0 radical (unpaired) electrons. The molecule has 1 N–H and O–H groups in total. The van der Waals surface area contributed by atoms with Gasteiger partial charge in [-0.1, -0.05) is 6.07 Å². The Morgan fingerprint density at radius 3 is 2.50 bits per heavy atom. The van der Waals surface area contributed by atoms with E-state index in [4.69, 9.17) is 0 Å². The van der Waals surface area contributed by atoms with E-state index in [1.807, 2.05) is 19.0 Å². The topological polar surface area (TPSA) is 86.6 Å². The van der Waals surface area contributed by atoms with Crippen LogP contribution in [0.4, 0.5) is 0 Å². The summed E-state index contributed by atoms with van der Waals surface area (Å²) in [4.78, 5) is 36.8. The number of rotatable bonds is 5. The second-order valence-corrected chi connectivity index (χ2v) is 6.32. The summed E-state index contributed by atoms with van der Waals surface area (Å²) in [6.45, 7) is 0.962. The number of likely N-dealkylation sites (tertiary alicyclic amines) is 1. The van der Waals surface area contributed by atoms with E-state index >= 15 is 0 Å². The summed E-state index contributed by atoms with van der Waals surface area (Å²) in [6, 6.07) is 6.07. The van der Waals surface area contributed by atoms with Gasteiger partial charge in [0.15, 0.2) is 0 Å². The first-order chi connectivity index (χ1) is 12.5. The van der Waals surface area contributed by atoms with E-state index < -0.39 is 17.7 Å². The normalized spacial score (nSPS) is 19.3. The molecule has 1 unspecified atom stereocenters. The summed E-state index contributed by atoms with van der Waals surface area (Å²) in [7, 11) is 3.79. The number of hydrogen-bond acceptors (Lipinski definition) is 6. The van der Waals surface area contributed by atoms with Crippen molar-refractivity contribution in [1.82, 2.24) is 19.8 Å². The Morgan fingerprint density at radius 1 is 1.15 bits per heavy atom. The van der Waals surface area contributed by atoms with Gasteiger partial charge in [0, 0.05) is 43.4 Å². The highest BCUT2D eigenvalue weighted by Crippen LogP contribution is 2.38. The van der Waals surface area contributed by atoms with E-state index in [0.717, 1.165) is 0 Å². The number of aromatic nitrogens is 2. The molecule has 3 heterocycles. The zero-order valence-corrected chi connectivity index (χ0v) is 14.7. The van der Waals surface area contributed by atoms with E-state index in [1.54, 1.807) is 36.7 Å². The van der Waals surface area contributed by atoms with Crippen LogP contribution in [0, 0.1) is 0 Å². The number of carbonyl (C=O) groups excluding carboxylic acids is 2. The second-order valence-electron chi connectivity index (χ2n) is 6.32. The van der Waals surface area contributed by atoms with Crippen molar-refractivity contribution in [2.24, 2.45) is 0 Å². The minimum Gasteiger partial charge on any atom is -0.507 e. The quantitative estimate of drug-likeness (QED) is 0.498. The molecule has 0 bridgehead atoms. The van der Waals surface area contributed by atoms with E-state index in [-0.39, 0.29) is 11.3 Å². The molecule has 7 heteroatoms. The fraction of sp³-hybridized carbons (Fsp3) is 0.263. The Labute approximate surface area is 151 Å². The highest BCUT2D eigenvalue weighted by Gasteiger charge is 2.45. The Hall–Kier alpha value is -3.06. The van der Waals surface area contributed by atoms with Crippen LogP contribution in [0.2, 0.25) is 0 Å². The van der Waals surface area contributed by atoms with Crippen LogP contribution in [0.15, 0.2) is 54.6 Å². The number of Topliss-reactive ketones (excluding diaryl/α,β-unsaturated/α-hetero) is 1. The number of hydrogen-bond donors (Lipinski definition) is 1. The summed E-state index contributed by atoms with van der Waals surface area (Å²) in [6.07, 6.45) is 6.28. The largest absolute Gasteiger partial charge is 0.507 e. The molecule has 1 atom stereocenters. The first-order valence-corrected chi connectivity index (χ1v) is 8.24. The Kier molecular flexibility index (Phi) is 5.09. The molecule has 1 amide bonds. The third kappa shape index (κ3) is 3.34. The molecule has 134 valence electrons. The van der Waals surface area contributed by atoms with Gasteiger partial charge >= 0.3 is 0 Å². The van der Waals surface area contributed by atoms with Crippen molar-refractivity contribution < 1.29 is 14.7 Å². The molecule has 2 aromatic rings. The number of ketones is 1. The average Bonchev–Trinajstić information content (AvgIpc) is 2.91. The molecule has 1 aliphatic heterocycles. The number of aliphatic hydroxyl groups excluding tert-OH is 1. The van der Waals surface area contributed by atoms with Crippen molar-refractivity contribution in [3.8, 4) is 0 Å². The number of likely N-dealkylation sites (N-methyl/N-ethyl adjacent to an activating group) is 1. The SMILES string of the molecule is CN(C)CCN1C(=O)C(=O)/C(=C(\O)c2ccncc2)C1c1cccnc1. The number of nitrogens with zero attached hydrogens (tertiary/aromatic N) is 4. The molecule has 0 saturated carbocycles. The van der Waals surface area contributed by atoms with Gasteiger partial charge in [-0.05, 0) is 37.9 Å². The van der Waals surface area contributed by atoms with Crippen molar-refractivity contribution in [2.75, 3.05) is 27.2 Å². The molecular formula is C19H20N4O3. The van der Waals surface area contributed by atoms with Gasteiger partial charge in [-0.25, -0.2) is 0 Å². The zero-order valence-electron chi connectivity index (χ0n) is 14.7. The van der Waals surface area contributed by atoms with Crippen molar-refractivity contribution in [3.63, 3.8) is 0 Å². The maximum absolute atomic E-state index is 12.7. The maximum Gasteiger partial charge on any atom is 0.295 e. The van der Waals surface area contributed by atoms with E-state index in [9.17, 15) is 14.7 Å². The Morgan fingerprint density at radius 2 is 1.88 bits per heavy atom. The lowest BCUT2D eigenvalue weighted by atomic mass is 9.96. The smallest absolute Gasteiger partial charge is 0.295 e. The molecule has 2 aromatic heterocycles. The summed E-state index contributed by atoms with van der Waals surface area (Å²) in [5.74, 6) is -1.50. The Balaban J connectivity index is 2.12. The summed E-state index contributed by atoms with van der Waals surface area (Å²) < 4.78 is 0. The standard InChI is InChI=1S/C19H20N4O3/c1-22(2)10-11-23-16(14-4-3-7-21-12-14)15(18(25)19(23)26)17(24)13-5-8-20-9-6-13/h3-9,12,16,24H,10-11H2,1-2H3/b17-15-. The number of pyridine rings is 2. The summed E-state index contributed by atoms with van der Waals surface area (Å²) in [5, 5.41) is 10.8. The van der Waals surface area contributed by atoms with E-state index in [2.05, 4.69) is 9.97 Å². The van der Waals surface area contributed by atoms with Crippen LogP contribution in [0.1, 0.15) is 17.2 Å². The molecule has 7 nitrogen and oxygen atoms in total. The molecule has 0 aliphatic carbocycles. The van der Waals surface area contributed by atoms with E-state index in [0.29, 0.717) is 24.2 Å². The average molecular weight is 352 g/mol. The van der Waals surface area contributed by atoms with Gasteiger partial charge in [-0.15, -0.1) is 0 Å². The van der Waals surface area contributed by atoms with Crippen LogP contribution in [-0.4, -0.2) is 63.7 Å². The van der Waals surface area contributed by atoms with Crippen LogP contribution >= 0.6 is 0 Å². The monoisotopic (exact) mass is 352 g/mol. The molecule has 1 saturated heterocycles. The molecule has 0 spiro atoms. The maximum atomic E-state index is 12.7. The minimum absolute atomic E-state index is 0.0768. The molecule has 0 aromatic carbocycles. The molecule has 3 rings (SSSR count). The highest BCUT2D eigenvalue weighted by atomic mass is 16.3. The van der Waals surface area contributed by atoms with Gasteiger partial charge in [0.1, 0.15) is 5.76 Å². The van der Waals surface area contributed by atoms with Crippen LogP contribution in [-0.2, 0) is 9.59 Å². The van der Waals surface area contributed by atoms with Crippen molar-refractivity contribution in [1.29, 1.82) is 0 Å². The van der Waals surface area contributed by atoms with Gasteiger partial charge in [0.2, 0.25) is 0 Å². The van der Waals surface area contributed by atoms with Crippen LogP contribution in [0.25, 0.3) is 5.76 Å². The fourth-order valence-electron chi connectivity index (χ4n) is 2.97. The first-order valence-electron chi connectivity index (χ1n) is 8.24. The zero-order chi connectivity index (χ0) is 18.7. The lowest BCUT2D eigenvalue weighted by Crippen LogP contribution is -2.35. The predicted octanol–water partition coefficient (Wildman–Crippen LogP) is 1.46. The van der Waals surface area contributed by atoms with Gasteiger partial charge in [0.05, 0.1) is 11.6 Å². The van der Waals surface area contributed by atoms with Crippen LogP contribution < -0.4 is 0 Å². The van der Waals surface area contributed by atoms with Crippen molar-refractivity contribution in [2.45, 2.75) is 6.04 Å². The summed E-state index contributed by atoms with van der Waals surface area (Å²) in [5.41, 5.74) is 1.20.